The van der Waals surface area contributed by atoms with Crippen LogP contribution in [0.4, 0.5) is 10.1 Å². The van der Waals surface area contributed by atoms with E-state index in [4.69, 9.17) is 0 Å². The largest absolute Gasteiger partial charge is 0.270 e. The minimum Gasteiger partial charge on any atom is -0.258 e. The first-order valence-electron chi connectivity index (χ1n) is 8.03. The summed E-state index contributed by atoms with van der Waals surface area (Å²) >= 11 is 0. The Hall–Kier alpha value is -3.60. The molecule has 4 nitrogen and oxygen atoms in total. The summed E-state index contributed by atoms with van der Waals surface area (Å²) in [5.41, 5.74) is 3.10. The molecule has 0 aliphatic carbocycles. The number of fused-ring (bicyclic) bond motifs is 1. The van der Waals surface area contributed by atoms with Crippen molar-refractivity contribution in [2.45, 2.75) is 0 Å². The first kappa shape index (κ1) is 15.9. The van der Waals surface area contributed by atoms with Crippen LogP contribution >= 0.6 is 0 Å². The molecule has 0 spiro atoms. The van der Waals surface area contributed by atoms with Gasteiger partial charge in [-0.1, -0.05) is 48.5 Å². The van der Waals surface area contributed by atoms with Crippen molar-refractivity contribution in [2.75, 3.05) is 0 Å². The summed E-state index contributed by atoms with van der Waals surface area (Å²) in [4.78, 5) is 15.3. The van der Waals surface area contributed by atoms with Crippen LogP contribution in [0.2, 0.25) is 0 Å². The van der Waals surface area contributed by atoms with E-state index in [2.05, 4.69) is 4.98 Å². The number of hydrogen-bond acceptors (Lipinski definition) is 3. The van der Waals surface area contributed by atoms with E-state index in [0.29, 0.717) is 27.7 Å². The predicted octanol–water partition coefficient (Wildman–Crippen LogP) is 5.62. The molecule has 5 heteroatoms. The zero-order valence-electron chi connectivity index (χ0n) is 13.6. The van der Waals surface area contributed by atoms with E-state index in [0.717, 1.165) is 5.56 Å². The highest BCUT2D eigenvalue weighted by Gasteiger charge is 2.15. The fraction of sp³-hybridized carbons (Fsp3) is 0. The number of nitrogens with zero attached hydrogens (tertiary/aromatic N) is 2. The number of halogens is 1. The Morgan fingerprint density at radius 3 is 2.31 bits per heavy atom. The lowest BCUT2D eigenvalue weighted by Crippen LogP contribution is -1.94. The number of pyridine rings is 1. The Bertz CT molecular complexity index is 1130. The van der Waals surface area contributed by atoms with Gasteiger partial charge < -0.3 is 0 Å². The maximum absolute atomic E-state index is 14.4. The van der Waals surface area contributed by atoms with Crippen molar-refractivity contribution in [3.05, 3.63) is 94.8 Å². The normalized spacial score (nSPS) is 10.8. The topological polar surface area (TPSA) is 56.0 Å². The Balaban J connectivity index is 2.05. The van der Waals surface area contributed by atoms with E-state index in [9.17, 15) is 14.5 Å². The molecular formula is C21H13FN2O2. The van der Waals surface area contributed by atoms with E-state index >= 15 is 0 Å². The van der Waals surface area contributed by atoms with E-state index < -0.39 is 4.92 Å². The standard InChI is InChI=1S/C21H13FN2O2/c22-19-9-5-4-8-17(19)18-13-15-12-16(24(25)26)10-11-20(15)23-21(18)14-6-2-1-3-7-14/h1-13H. The van der Waals surface area contributed by atoms with Gasteiger partial charge in [0.25, 0.3) is 5.69 Å². The van der Waals surface area contributed by atoms with Gasteiger partial charge >= 0.3 is 0 Å². The molecule has 0 aliphatic heterocycles. The second-order valence-corrected chi connectivity index (χ2v) is 5.86. The molecule has 4 rings (SSSR count). The summed E-state index contributed by atoms with van der Waals surface area (Å²) in [5, 5.41) is 11.7. The summed E-state index contributed by atoms with van der Waals surface area (Å²) < 4.78 is 14.4. The first-order chi connectivity index (χ1) is 12.6. The molecule has 0 saturated heterocycles. The lowest BCUT2D eigenvalue weighted by molar-refractivity contribution is -0.384. The number of rotatable bonds is 3. The molecule has 3 aromatic carbocycles. The molecule has 26 heavy (non-hydrogen) atoms. The fourth-order valence-electron chi connectivity index (χ4n) is 2.98. The first-order valence-corrected chi connectivity index (χ1v) is 8.03. The third-order valence-electron chi connectivity index (χ3n) is 4.22. The van der Waals surface area contributed by atoms with Crippen LogP contribution in [0.1, 0.15) is 0 Å². The second kappa shape index (κ2) is 6.37. The molecule has 0 N–H and O–H groups in total. The molecule has 0 amide bonds. The zero-order chi connectivity index (χ0) is 18.1. The average Bonchev–Trinajstić information content (AvgIpc) is 2.67. The summed E-state index contributed by atoms with van der Waals surface area (Å²) in [6.45, 7) is 0. The van der Waals surface area contributed by atoms with Gasteiger partial charge in [-0.3, -0.25) is 10.1 Å². The van der Waals surface area contributed by atoms with E-state index in [1.807, 2.05) is 30.3 Å². The number of nitro groups is 1. The highest BCUT2D eigenvalue weighted by molar-refractivity contribution is 5.92. The van der Waals surface area contributed by atoms with Gasteiger partial charge in [0.15, 0.2) is 0 Å². The molecular weight excluding hydrogens is 331 g/mol. The van der Waals surface area contributed by atoms with Crippen LogP contribution in [0.5, 0.6) is 0 Å². The number of benzene rings is 3. The fourth-order valence-corrected chi connectivity index (χ4v) is 2.98. The molecule has 0 atom stereocenters. The van der Waals surface area contributed by atoms with Crippen LogP contribution in [-0.4, -0.2) is 9.91 Å². The number of non-ortho nitro benzene ring substituents is 1. The van der Waals surface area contributed by atoms with Crippen molar-refractivity contribution in [3.63, 3.8) is 0 Å². The lowest BCUT2D eigenvalue weighted by atomic mass is 9.97. The third-order valence-corrected chi connectivity index (χ3v) is 4.22. The number of aromatic nitrogens is 1. The van der Waals surface area contributed by atoms with Gasteiger partial charge in [0.2, 0.25) is 0 Å². The highest BCUT2D eigenvalue weighted by atomic mass is 19.1. The minimum absolute atomic E-state index is 0.0220. The quantitative estimate of drug-likeness (QED) is 0.358. The van der Waals surface area contributed by atoms with E-state index in [1.165, 1.54) is 18.2 Å². The molecule has 0 aliphatic rings. The van der Waals surface area contributed by atoms with E-state index in [1.54, 1.807) is 30.3 Å². The molecule has 0 bridgehead atoms. The smallest absolute Gasteiger partial charge is 0.258 e. The van der Waals surface area contributed by atoms with E-state index in [-0.39, 0.29) is 11.5 Å². The second-order valence-electron chi connectivity index (χ2n) is 5.86. The van der Waals surface area contributed by atoms with Crippen molar-refractivity contribution in [1.29, 1.82) is 0 Å². The summed E-state index contributed by atoms with van der Waals surface area (Å²) in [6.07, 6.45) is 0. The van der Waals surface area contributed by atoms with Crippen molar-refractivity contribution in [1.82, 2.24) is 4.98 Å². The molecule has 4 aromatic rings. The van der Waals surface area contributed by atoms with Crippen molar-refractivity contribution < 1.29 is 9.31 Å². The SMILES string of the molecule is O=[N+]([O-])c1ccc2nc(-c3ccccc3)c(-c3ccccc3F)cc2c1. The van der Waals surface area contributed by atoms with Gasteiger partial charge in [0, 0.05) is 34.2 Å². The Morgan fingerprint density at radius 1 is 0.846 bits per heavy atom. The Morgan fingerprint density at radius 2 is 1.58 bits per heavy atom. The highest BCUT2D eigenvalue weighted by Crippen LogP contribution is 2.35. The maximum Gasteiger partial charge on any atom is 0.270 e. The zero-order valence-corrected chi connectivity index (χ0v) is 13.6. The molecule has 0 fully saturated rings. The van der Waals surface area contributed by atoms with Crippen LogP contribution in [0.3, 0.4) is 0 Å². The molecule has 126 valence electrons. The predicted molar refractivity (Wildman–Crippen MR) is 99.2 cm³/mol. The van der Waals surface area contributed by atoms with Crippen LogP contribution in [-0.2, 0) is 0 Å². The van der Waals surface area contributed by atoms with Gasteiger partial charge in [0.05, 0.1) is 16.1 Å². The van der Waals surface area contributed by atoms with Crippen LogP contribution < -0.4 is 0 Å². The Labute approximate surface area is 148 Å². The van der Waals surface area contributed by atoms with Gasteiger partial charge in [0.1, 0.15) is 5.82 Å². The summed E-state index contributed by atoms with van der Waals surface area (Å²) in [5.74, 6) is -0.365. The molecule has 0 unspecified atom stereocenters. The summed E-state index contributed by atoms with van der Waals surface area (Å²) in [7, 11) is 0. The van der Waals surface area contributed by atoms with Crippen molar-refractivity contribution >= 4 is 16.6 Å². The van der Waals surface area contributed by atoms with Crippen LogP contribution in [0.25, 0.3) is 33.3 Å². The van der Waals surface area contributed by atoms with Crippen LogP contribution in [0, 0.1) is 15.9 Å². The van der Waals surface area contributed by atoms with Gasteiger partial charge in [-0.05, 0) is 18.2 Å². The molecule has 1 aromatic heterocycles. The minimum atomic E-state index is -0.451. The lowest BCUT2D eigenvalue weighted by Gasteiger charge is -2.12. The monoisotopic (exact) mass is 344 g/mol. The van der Waals surface area contributed by atoms with Gasteiger partial charge in [-0.2, -0.15) is 0 Å². The van der Waals surface area contributed by atoms with Crippen molar-refractivity contribution in [3.8, 4) is 22.4 Å². The molecule has 0 radical (unpaired) electrons. The van der Waals surface area contributed by atoms with Gasteiger partial charge in [-0.25, -0.2) is 9.37 Å². The Kier molecular flexibility index (Phi) is 3.89. The van der Waals surface area contributed by atoms with Crippen LogP contribution in [0.15, 0.2) is 78.9 Å². The maximum atomic E-state index is 14.4. The van der Waals surface area contributed by atoms with Gasteiger partial charge in [-0.15, -0.1) is 0 Å². The third kappa shape index (κ3) is 2.80. The molecule has 1 heterocycles. The number of hydrogen-bond donors (Lipinski definition) is 0. The average molecular weight is 344 g/mol. The van der Waals surface area contributed by atoms with Crippen molar-refractivity contribution in [2.24, 2.45) is 0 Å². The number of nitro benzene ring substituents is 1. The summed E-state index contributed by atoms with van der Waals surface area (Å²) in [6, 6.07) is 22.2. The molecule has 0 saturated carbocycles.